The van der Waals surface area contributed by atoms with Crippen LogP contribution in [0.4, 0.5) is 0 Å². The summed E-state index contributed by atoms with van der Waals surface area (Å²) in [5.41, 5.74) is 0. The van der Waals surface area contributed by atoms with E-state index in [0.717, 1.165) is 19.3 Å². The molecule has 1 aliphatic carbocycles. The van der Waals surface area contributed by atoms with Crippen LogP contribution < -0.4 is 0 Å². The fourth-order valence-electron chi connectivity index (χ4n) is 4.29. The molecule has 1 saturated carbocycles. The first-order valence-corrected chi connectivity index (χ1v) is 11.5. The molecule has 2 aliphatic rings. The Labute approximate surface area is 180 Å². The van der Waals surface area contributed by atoms with Gasteiger partial charge < -0.3 is 19.7 Å². The molecule has 6 nitrogen and oxygen atoms in total. The summed E-state index contributed by atoms with van der Waals surface area (Å²) in [4.78, 5) is 22.9. The van der Waals surface area contributed by atoms with Gasteiger partial charge in [0.25, 0.3) is 0 Å². The molecule has 0 unspecified atom stereocenters. The zero-order chi connectivity index (χ0) is 21.8. The fourth-order valence-corrected chi connectivity index (χ4v) is 4.29. The van der Waals surface area contributed by atoms with Crippen molar-refractivity contribution in [2.75, 3.05) is 13.2 Å². The molecule has 2 N–H and O–H groups in total. The number of carboxylic acid groups (broad SMARTS) is 1. The zero-order valence-electron chi connectivity index (χ0n) is 18.3. The first-order valence-electron chi connectivity index (χ1n) is 11.5. The van der Waals surface area contributed by atoms with Crippen LogP contribution in [0, 0.1) is 11.8 Å². The number of aliphatic hydroxyl groups is 1. The Morgan fingerprint density at radius 1 is 1.13 bits per heavy atom. The van der Waals surface area contributed by atoms with Crippen LogP contribution in [-0.4, -0.2) is 47.1 Å². The van der Waals surface area contributed by atoms with Crippen LogP contribution in [0.25, 0.3) is 0 Å². The number of rotatable bonds is 14. The first-order chi connectivity index (χ1) is 14.5. The highest BCUT2D eigenvalue weighted by Crippen LogP contribution is 2.35. The van der Waals surface area contributed by atoms with E-state index in [2.05, 4.69) is 6.92 Å². The SMILES string of the molecule is CCCCCCCC1(/C=C/[C@H]2[C@H](O)CC(=O)[C@@H]2C/C=C\CCCC(=O)O)OCCO1. The third-order valence-electron chi connectivity index (χ3n) is 6.03. The minimum absolute atomic E-state index is 0.0780. The van der Waals surface area contributed by atoms with E-state index in [-0.39, 0.29) is 30.5 Å². The number of ketones is 1. The van der Waals surface area contributed by atoms with Gasteiger partial charge in [-0.05, 0) is 31.8 Å². The van der Waals surface area contributed by atoms with Gasteiger partial charge in [-0.3, -0.25) is 9.59 Å². The summed E-state index contributed by atoms with van der Waals surface area (Å²) in [6, 6.07) is 0. The van der Waals surface area contributed by atoms with E-state index in [1.807, 2.05) is 24.3 Å². The van der Waals surface area contributed by atoms with Gasteiger partial charge in [0, 0.05) is 31.1 Å². The van der Waals surface area contributed by atoms with Gasteiger partial charge in [-0.1, -0.05) is 50.8 Å². The van der Waals surface area contributed by atoms with E-state index in [4.69, 9.17) is 14.6 Å². The minimum Gasteiger partial charge on any atom is -0.481 e. The maximum Gasteiger partial charge on any atom is 0.303 e. The lowest BCUT2D eigenvalue weighted by molar-refractivity contribution is -0.137. The number of hydrogen-bond donors (Lipinski definition) is 2. The van der Waals surface area contributed by atoms with Crippen LogP contribution in [0.3, 0.4) is 0 Å². The number of ether oxygens (including phenoxy) is 2. The van der Waals surface area contributed by atoms with Crippen molar-refractivity contribution in [3.63, 3.8) is 0 Å². The number of carbonyl (C=O) groups is 2. The monoisotopic (exact) mass is 422 g/mol. The molecule has 1 heterocycles. The number of carboxylic acids is 1. The van der Waals surface area contributed by atoms with E-state index in [1.54, 1.807) is 0 Å². The Hall–Kier alpha value is -1.50. The predicted octanol–water partition coefficient (Wildman–Crippen LogP) is 4.41. The summed E-state index contributed by atoms with van der Waals surface area (Å²) in [5, 5.41) is 19.1. The predicted molar refractivity (Wildman–Crippen MR) is 115 cm³/mol. The number of unbranched alkanes of at least 4 members (excludes halogenated alkanes) is 5. The topological polar surface area (TPSA) is 93.1 Å². The van der Waals surface area contributed by atoms with E-state index in [1.165, 1.54) is 19.3 Å². The highest BCUT2D eigenvalue weighted by molar-refractivity contribution is 5.84. The summed E-state index contributed by atoms with van der Waals surface area (Å²) >= 11 is 0. The van der Waals surface area contributed by atoms with Crippen LogP contribution in [-0.2, 0) is 19.1 Å². The third kappa shape index (κ3) is 7.97. The van der Waals surface area contributed by atoms with Crippen molar-refractivity contribution in [1.29, 1.82) is 0 Å². The van der Waals surface area contributed by atoms with Crippen LogP contribution >= 0.6 is 0 Å². The molecule has 3 atom stereocenters. The lowest BCUT2D eigenvalue weighted by Gasteiger charge is -2.25. The van der Waals surface area contributed by atoms with Crippen molar-refractivity contribution in [2.45, 2.75) is 89.4 Å². The minimum atomic E-state index is -0.793. The van der Waals surface area contributed by atoms with Gasteiger partial charge >= 0.3 is 5.97 Å². The average molecular weight is 423 g/mol. The molecular formula is C24H38O6. The molecule has 6 heteroatoms. The lowest BCUT2D eigenvalue weighted by atomic mass is 9.89. The van der Waals surface area contributed by atoms with Crippen LogP contribution in [0.1, 0.15) is 77.6 Å². The van der Waals surface area contributed by atoms with Crippen LogP contribution in [0.2, 0.25) is 0 Å². The van der Waals surface area contributed by atoms with Crippen molar-refractivity contribution in [3.05, 3.63) is 24.3 Å². The zero-order valence-corrected chi connectivity index (χ0v) is 18.3. The van der Waals surface area contributed by atoms with Gasteiger partial charge in [0.1, 0.15) is 5.78 Å². The summed E-state index contributed by atoms with van der Waals surface area (Å²) in [6.45, 7) is 3.32. The largest absolute Gasteiger partial charge is 0.481 e. The summed E-state index contributed by atoms with van der Waals surface area (Å²) < 4.78 is 11.8. The number of aliphatic carboxylic acids is 1. The Kier molecular flexibility index (Phi) is 10.8. The molecule has 1 aliphatic heterocycles. The highest BCUT2D eigenvalue weighted by atomic mass is 16.7. The molecule has 30 heavy (non-hydrogen) atoms. The molecule has 1 saturated heterocycles. The average Bonchev–Trinajstić information content (AvgIpc) is 3.27. The number of carbonyl (C=O) groups excluding carboxylic acids is 1. The molecule has 0 radical (unpaired) electrons. The Morgan fingerprint density at radius 2 is 1.87 bits per heavy atom. The second kappa shape index (κ2) is 13.0. The van der Waals surface area contributed by atoms with Crippen molar-refractivity contribution in [3.8, 4) is 0 Å². The van der Waals surface area contributed by atoms with E-state index >= 15 is 0 Å². The van der Waals surface area contributed by atoms with Crippen molar-refractivity contribution in [1.82, 2.24) is 0 Å². The molecule has 0 amide bonds. The van der Waals surface area contributed by atoms with Crippen molar-refractivity contribution in [2.24, 2.45) is 11.8 Å². The molecule has 0 spiro atoms. The maximum absolute atomic E-state index is 12.4. The Bertz CT molecular complexity index is 591. The van der Waals surface area contributed by atoms with Gasteiger partial charge in [-0.25, -0.2) is 0 Å². The van der Waals surface area contributed by atoms with Gasteiger partial charge in [0.15, 0.2) is 5.79 Å². The molecule has 170 valence electrons. The molecule has 0 aromatic heterocycles. The van der Waals surface area contributed by atoms with Crippen molar-refractivity contribution < 1.29 is 29.3 Å². The van der Waals surface area contributed by atoms with Gasteiger partial charge in [0.05, 0.1) is 19.3 Å². The molecule has 0 aromatic carbocycles. The normalized spacial score (nSPS) is 26.3. The standard InChI is InChI=1S/C24H38O6/c1-2-3-4-7-10-14-24(29-16-17-30-24)15-13-20-19(21(25)18-22(20)26)11-8-5-6-9-12-23(27)28/h5,8,13,15,19-20,22,26H,2-4,6-7,9-12,14,16-18H2,1H3,(H,27,28)/b8-5-,15-13+/t19-,20-,22-/m1/s1. The number of allylic oxidation sites excluding steroid dienone is 2. The number of aliphatic hydroxyl groups excluding tert-OH is 1. The van der Waals surface area contributed by atoms with E-state index in [9.17, 15) is 14.7 Å². The fraction of sp³-hybridized carbons (Fsp3) is 0.750. The highest BCUT2D eigenvalue weighted by Gasteiger charge is 2.40. The van der Waals surface area contributed by atoms with Gasteiger partial charge in [0.2, 0.25) is 0 Å². The Morgan fingerprint density at radius 3 is 2.57 bits per heavy atom. The first kappa shape index (κ1) is 24.8. The summed E-state index contributed by atoms with van der Waals surface area (Å²) in [7, 11) is 0. The summed E-state index contributed by atoms with van der Waals surface area (Å²) in [6.07, 6.45) is 15.8. The molecule has 0 aromatic rings. The van der Waals surface area contributed by atoms with Gasteiger partial charge in [-0.15, -0.1) is 0 Å². The van der Waals surface area contributed by atoms with Crippen molar-refractivity contribution >= 4 is 11.8 Å². The molecule has 2 fully saturated rings. The smallest absolute Gasteiger partial charge is 0.303 e. The third-order valence-corrected chi connectivity index (χ3v) is 6.03. The second-order valence-corrected chi connectivity index (χ2v) is 8.45. The second-order valence-electron chi connectivity index (χ2n) is 8.45. The summed E-state index contributed by atoms with van der Waals surface area (Å²) in [5.74, 6) is -1.94. The molecule has 0 bridgehead atoms. The van der Waals surface area contributed by atoms with E-state index in [0.29, 0.717) is 32.5 Å². The van der Waals surface area contributed by atoms with Crippen LogP contribution in [0.5, 0.6) is 0 Å². The van der Waals surface area contributed by atoms with Gasteiger partial charge in [-0.2, -0.15) is 0 Å². The quantitative estimate of drug-likeness (QED) is 0.318. The van der Waals surface area contributed by atoms with Crippen LogP contribution in [0.15, 0.2) is 24.3 Å². The Balaban J connectivity index is 1.91. The number of hydrogen-bond acceptors (Lipinski definition) is 5. The van der Waals surface area contributed by atoms with E-state index < -0.39 is 17.9 Å². The maximum atomic E-state index is 12.4. The lowest BCUT2D eigenvalue weighted by Crippen LogP contribution is -2.28. The molecular weight excluding hydrogens is 384 g/mol. The molecule has 2 rings (SSSR count). The number of Topliss-reactive ketones (excluding diaryl/α,β-unsaturated/α-hetero) is 1.